The minimum Gasteiger partial charge on any atom is -0.0622 e. The van der Waals surface area contributed by atoms with E-state index in [9.17, 15) is 0 Å². The predicted molar refractivity (Wildman–Crippen MR) is 243 cm³/mol. The average molecular weight is 735 g/mol. The first-order valence-corrected chi connectivity index (χ1v) is 20.3. The summed E-state index contributed by atoms with van der Waals surface area (Å²) in [6, 6.07) is 72.8. The van der Waals surface area contributed by atoms with Gasteiger partial charge in [-0.2, -0.15) is 0 Å². The second-order valence-electron chi connectivity index (χ2n) is 17.8. The molecule has 1 aliphatic carbocycles. The third-order valence-electron chi connectivity index (χ3n) is 12.1. The molecule has 0 heterocycles. The molecular formula is C57H50. The molecule has 0 bridgehead atoms. The second-order valence-corrected chi connectivity index (χ2v) is 17.8. The van der Waals surface area contributed by atoms with Crippen molar-refractivity contribution in [1.82, 2.24) is 0 Å². The van der Waals surface area contributed by atoms with Crippen molar-refractivity contribution in [3.05, 3.63) is 228 Å². The molecule has 0 aromatic heterocycles. The van der Waals surface area contributed by atoms with Crippen LogP contribution in [0, 0.1) is 0 Å². The number of benzene rings is 8. The van der Waals surface area contributed by atoms with E-state index in [-0.39, 0.29) is 10.8 Å². The van der Waals surface area contributed by atoms with Crippen LogP contribution in [0.5, 0.6) is 0 Å². The molecule has 57 heavy (non-hydrogen) atoms. The van der Waals surface area contributed by atoms with Gasteiger partial charge in [-0.05, 0) is 124 Å². The summed E-state index contributed by atoms with van der Waals surface area (Å²) in [5.74, 6) is 0. The van der Waals surface area contributed by atoms with Crippen molar-refractivity contribution in [1.29, 1.82) is 0 Å². The number of hydrogen-bond acceptors (Lipinski definition) is 0. The van der Waals surface area contributed by atoms with E-state index in [0.29, 0.717) is 0 Å². The molecule has 0 fully saturated rings. The van der Waals surface area contributed by atoms with E-state index >= 15 is 0 Å². The highest BCUT2D eigenvalue weighted by molar-refractivity contribution is 5.88. The zero-order chi connectivity index (χ0) is 39.4. The Balaban J connectivity index is 1.33. The van der Waals surface area contributed by atoms with Gasteiger partial charge in [-0.15, -0.1) is 0 Å². The van der Waals surface area contributed by atoms with E-state index in [0.717, 1.165) is 0 Å². The van der Waals surface area contributed by atoms with Gasteiger partial charge in [0.05, 0.1) is 5.41 Å². The molecule has 0 unspecified atom stereocenters. The van der Waals surface area contributed by atoms with Gasteiger partial charge >= 0.3 is 0 Å². The standard InChI is InChI=1S/C57H50/c1-55(2,3)47-29-31-51-52-32-30-48(56(4,5)6)38-54(52)57(53(51)37-47,49-27-15-25-45(35-49)43-23-13-21-41(33-43)39-17-9-7-10-18-39)50-28-16-26-46(36-50)44-24-14-22-42(34-44)40-19-11-8-12-20-40/h7-38H,1-6H3. The molecular weight excluding hydrogens is 685 g/mol. The highest BCUT2D eigenvalue weighted by Crippen LogP contribution is 2.58. The molecule has 0 amide bonds. The Morgan fingerprint density at radius 1 is 0.281 bits per heavy atom. The quantitative estimate of drug-likeness (QED) is 0.160. The fourth-order valence-corrected chi connectivity index (χ4v) is 8.93. The summed E-state index contributed by atoms with van der Waals surface area (Å²) in [4.78, 5) is 0. The first kappa shape index (κ1) is 36.4. The van der Waals surface area contributed by atoms with Crippen molar-refractivity contribution >= 4 is 0 Å². The largest absolute Gasteiger partial charge is 0.0714 e. The highest BCUT2D eigenvalue weighted by atomic mass is 14.5. The van der Waals surface area contributed by atoms with Gasteiger partial charge in [0, 0.05) is 0 Å². The molecule has 1 aliphatic rings. The summed E-state index contributed by atoms with van der Waals surface area (Å²) in [5, 5.41) is 0. The maximum Gasteiger partial charge on any atom is 0.0714 e. The summed E-state index contributed by atoms with van der Waals surface area (Å²) < 4.78 is 0. The van der Waals surface area contributed by atoms with E-state index in [4.69, 9.17) is 0 Å². The van der Waals surface area contributed by atoms with Crippen molar-refractivity contribution in [2.75, 3.05) is 0 Å². The Morgan fingerprint density at radius 2 is 0.596 bits per heavy atom. The molecule has 0 N–H and O–H groups in total. The van der Waals surface area contributed by atoms with Crippen LogP contribution in [0.15, 0.2) is 194 Å². The lowest BCUT2D eigenvalue weighted by Crippen LogP contribution is -2.30. The van der Waals surface area contributed by atoms with Crippen LogP contribution in [0.1, 0.15) is 74.9 Å². The fraction of sp³-hybridized carbons (Fsp3) is 0.158. The molecule has 0 saturated carbocycles. The maximum atomic E-state index is 2.53. The third-order valence-corrected chi connectivity index (χ3v) is 12.1. The zero-order valence-corrected chi connectivity index (χ0v) is 34.0. The van der Waals surface area contributed by atoms with Gasteiger partial charge in [-0.3, -0.25) is 0 Å². The van der Waals surface area contributed by atoms with Gasteiger partial charge in [0.15, 0.2) is 0 Å². The molecule has 8 aromatic carbocycles. The maximum absolute atomic E-state index is 2.53. The van der Waals surface area contributed by atoms with Crippen LogP contribution in [-0.2, 0) is 16.2 Å². The summed E-state index contributed by atoms with van der Waals surface area (Å²) in [7, 11) is 0. The van der Waals surface area contributed by atoms with Crippen LogP contribution in [0.25, 0.3) is 55.6 Å². The second kappa shape index (κ2) is 14.1. The normalized spacial score (nSPS) is 13.2. The molecule has 0 atom stereocenters. The summed E-state index contributed by atoms with van der Waals surface area (Å²) in [6.45, 7) is 14.0. The smallest absolute Gasteiger partial charge is 0.0622 e. The first-order valence-electron chi connectivity index (χ1n) is 20.3. The molecule has 0 nitrogen and oxygen atoms in total. The molecule has 278 valence electrons. The van der Waals surface area contributed by atoms with Gasteiger partial charge in [0.1, 0.15) is 0 Å². The van der Waals surface area contributed by atoms with Crippen LogP contribution in [0.3, 0.4) is 0 Å². The lowest BCUT2D eigenvalue weighted by molar-refractivity contribution is 0.586. The van der Waals surface area contributed by atoms with Crippen LogP contribution in [0.2, 0.25) is 0 Å². The van der Waals surface area contributed by atoms with Crippen molar-refractivity contribution in [2.24, 2.45) is 0 Å². The van der Waals surface area contributed by atoms with E-state index in [1.807, 2.05) is 0 Å². The average Bonchev–Trinajstić information content (AvgIpc) is 3.54. The molecule has 0 saturated heterocycles. The Labute approximate surface area is 339 Å². The lowest BCUT2D eigenvalue weighted by Gasteiger charge is -2.36. The van der Waals surface area contributed by atoms with Crippen LogP contribution in [-0.4, -0.2) is 0 Å². The van der Waals surface area contributed by atoms with Gasteiger partial charge in [0.2, 0.25) is 0 Å². The number of hydrogen-bond donors (Lipinski definition) is 0. The van der Waals surface area contributed by atoms with Gasteiger partial charge < -0.3 is 0 Å². The topological polar surface area (TPSA) is 0 Å². The summed E-state index contributed by atoms with van der Waals surface area (Å²) in [6.07, 6.45) is 0. The lowest BCUT2D eigenvalue weighted by atomic mass is 9.65. The van der Waals surface area contributed by atoms with E-state index in [2.05, 4.69) is 236 Å². The molecule has 9 rings (SSSR count). The van der Waals surface area contributed by atoms with Crippen LogP contribution >= 0.6 is 0 Å². The van der Waals surface area contributed by atoms with E-state index in [1.165, 1.54) is 89.0 Å². The predicted octanol–water partition coefficient (Wildman–Crippen LogP) is 15.3. The molecule has 0 radical (unpaired) electrons. The minimum atomic E-state index is -0.576. The Morgan fingerprint density at radius 3 is 0.965 bits per heavy atom. The third kappa shape index (κ3) is 6.54. The van der Waals surface area contributed by atoms with Crippen molar-refractivity contribution in [3.8, 4) is 55.6 Å². The first-order chi connectivity index (χ1) is 27.5. The molecule has 0 heteroatoms. The SMILES string of the molecule is CC(C)(C)c1ccc2c(c1)C(c1cccc(-c3cccc(-c4ccccc4)c3)c1)(c1cccc(-c3cccc(-c4ccccc4)c3)c1)c1cc(C(C)(C)C)ccc1-2. The fourth-order valence-electron chi connectivity index (χ4n) is 8.93. The van der Waals surface area contributed by atoms with E-state index in [1.54, 1.807) is 0 Å². The van der Waals surface area contributed by atoms with Gasteiger partial charge in [0.25, 0.3) is 0 Å². The van der Waals surface area contributed by atoms with Crippen LogP contribution in [0.4, 0.5) is 0 Å². The summed E-state index contributed by atoms with van der Waals surface area (Å²) in [5.41, 5.74) is 19.7. The summed E-state index contributed by atoms with van der Waals surface area (Å²) >= 11 is 0. The molecule has 8 aromatic rings. The van der Waals surface area contributed by atoms with E-state index < -0.39 is 5.41 Å². The number of rotatable bonds is 6. The van der Waals surface area contributed by atoms with Gasteiger partial charge in [-0.25, -0.2) is 0 Å². The monoisotopic (exact) mass is 734 g/mol. The number of fused-ring (bicyclic) bond motifs is 3. The minimum absolute atomic E-state index is 0.0223. The van der Waals surface area contributed by atoms with Crippen molar-refractivity contribution < 1.29 is 0 Å². The molecule has 0 spiro atoms. The van der Waals surface area contributed by atoms with Crippen molar-refractivity contribution in [2.45, 2.75) is 57.8 Å². The highest BCUT2D eigenvalue weighted by Gasteiger charge is 2.47. The molecule has 0 aliphatic heterocycles. The van der Waals surface area contributed by atoms with Crippen LogP contribution < -0.4 is 0 Å². The Kier molecular flexibility index (Phi) is 8.97. The van der Waals surface area contributed by atoms with Crippen molar-refractivity contribution in [3.63, 3.8) is 0 Å². The van der Waals surface area contributed by atoms with Gasteiger partial charge in [-0.1, -0.05) is 211 Å². The Bertz CT molecular complexity index is 2540. The zero-order valence-electron chi connectivity index (χ0n) is 34.0. The Hall–Kier alpha value is -6.24.